The number of carboxylic acids is 1. The Morgan fingerprint density at radius 3 is 1.99 bits per heavy atom. The number of ether oxygens (including phenoxy) is 5. The molecule has 5 rings (SSSR count). The molecular weight excluding hydrogens is 929 g/mol. The van der Waals surface area contributed by atoms with Gasteiger partial charge in [0.15, 0.2) is 0 Å². The molecule has 5 N–H and O–H groups in total. The molecule has 0 spiro atoms. The maximum Gasteiger partial charge on any atom is 0.389 e. The fraction of sp³-hybridized carbons (Fsp3) is 0.265. The number of alkyl halides is 6. The summed E-state index contributed by atoms with van der Waals surface area (Å²) in [6.07, 6.45) is -3.99. The largest absolute Gasteiger partial charge is 0.493 e. The Kier molecular flexibility index (Phi) is 17.9. The first-order valence-electron chi connectivity index (χ1n) is 20.9. The summed E-state index contributed by atoms with van der Waals surface area (Å²) in [6.45, 7) is -1.52. The quantitative estimate of drug-likeness (QED) is 0.0137. The van der Waals surface area contributed by atoms with Crippen LogP contribution in [0, 0.1) is 11.7 Å². The number of rotatable bonds is 21. The maximum absolute atomic E-state index is 15.2. The number of carbonyl (C=O) groups is 4. The lowest BCUT2D eigenvalue weighted by Crippen LogP contribution is -2.31. The van der Waals surface area contributed by atoms with Crippen LogP contribution in [0.4, 0.5) is 46.5 Å². The van der Waals surface area contributed by atoms with E-state index in [4.69, 9.17) is 35.2 Å². The fourth-order valence-electron chi connectivity index (χ4n) is 6.72. The lowest BCUT2D eigenvalue weighted by molar-refractivity contribution is -0.142. The number of hydrogen-bond donors (Lipinski definition) is 3. The summed E-state index contributed by atoms with van der Waals surface area (Å²) in [4.78, 5) is 50.2. The van der Waals surface area contributed by atoms with Crippen molar-refractivity contribution in [2.75, 3.05) is 37.9 Å². The molecule has 3 atom stereocenters. The van der Waals surface area contributed by atoms with Gasteiger partial charge < -0.3 is 40.3 Å². The monoisotopic (exact) mass is 972 g/mol. The summed E-state index contributed by atoms with van der Waals surface area (Å²) >= 11 is 0. The van der Waals surface area contributed by atoms with Crippen LogP contribution in [0.15, 0.2) is 121 Å². The molecule has 1 aliphatic rings. The van der Waals surface area contributed by atoms with Crippen molar-refractivity contribution in [3.63, 3.8) is 0 Å². The molecule has 4 aromatic rings. The smallest absolute Gasteiger partial charge is 0.389 e. The molecule has 0 bridgehead atoms. The minimum Gasteiger partial charge on any atom is -0.493 e. The van der Waals surface area contributed by atoms with Crippen molar-refractivity contribution in [3.8, 4) is 11.5 Å². The zero-order chi connectivity index (χ0) is 50.4. The third-order valence-corrected chi connectivity index (χ3v) is 10.1. The molecule has 12 nitrogen and oxygen atoms in total. The molecule has 0 heterocycles. The summed E-state index contributed by atoms with van der Waals surface area (Å²) < 4.78 is 133. The second-order valence-electron chi connectivity index (χ2n) is 15.3. The first-order valence-corrected chi connectivity index (χ1v) is 20.9. The standard InChI is InChI=1S/C49H44F8N2O10/c50-40-26-35(65-23-3-20-48(52,53)54)14-16-38(40)46(64)69-34-12-7-30(8-13-34)9-17-43(60)66-28-32(36-15-11-33(58)25-42(36)59)29-67-44(61)18-10-31-5-1-2-6-39(31)47(68-24-4-21-49(55,56)57)22-19-37(45(62)63)41(51)27-47/h1-2,5-19,22,25-27,32,37H,3-4,20-21,23-24,28-29,58-59H2,(H,62,63)/b17-9+,18-10+. The van der Waals surface area contributed by atoms with Crippen molar-refractivity contribution in [3.05, 3.63) is 155 Å². The van der Waals surface area contributed by atoms with Crippen LogP contribution in [0.3, 0.4) is 0 Å². The van der Waals surface area contributed by atoms with E-state index in [-0.39, 0.29) is 54.6 Å². The number of esters is 3. The molecule has 0 aliphatic heterocycles. The minimum atomic E-state index is -4.48. The first-order chi connectivity index (χ1) is 32.6. The molecular formula is C49H44F8N2O10. The number of benzene rings is 4. The Balaban J connectivity index is 1.20. The topological polar surface area (TPSA) is 187 Å². The van der Waals surface area contributed by atoms with Crippen LogP contribution < -0.4 is 20.9 Å². The van der Waals surface area contributed by atoms with E-state index in [0.717, 1.165) is 36.4 Å². The number of halogens is 8. The van der Waals surface area contributed by atoms with E-state index >= 15 is 4.39 Å². The lowest BCUT2D eigenvalue weighted by Gasteiger charge is -2.33. The van der Waals surface area contributed by atoms with Crippen LogP contribution >= 0.6 is 0 Å². The summed E-state index contributed by atoms with van der Waals surface area (Å²) in [5.41, 5.74) is 11.6. The number of hydrogen-bond acceptors (Lipinski definition) is 11. The third kappa shape index (κ3) is 16.1. The summed E-state index contributed by atoms with van der Waals surface area (Å²) in [7, 11) is 0. The van der Waals surface area contributed by atoms with Gasteiger partial charge in [-0.25, -0.2) is 23.2 Å². The molecule has 20 heteroatoms. The van der Waals surface area contributed by atoms with E-state index in [9.17, 15) is 55.0 Å². The number of carbonyl (C=O) groups excluding carboxylic acids is 3. The SMILES string of the molecule is Nc1ccc(C(COC(=O)/C=C/c2ccc(OC(=O)c3ccc(OCCCC(F)(F)F)cc3F)cc2)COC(=O)/C=C/c2ccccc2C2(OCCCC(F)(F)F)C=CC(C(=O)O)C(F)=C2)c(N)c1. The Morgan fingerprint density at radius 1 is 0.754 bits per heavy atom. The van der Waals surface area contributed by atoms with Crippen LogP contribution in [0.2, 0.25) is 0 Å². The van der Waals surface area contributed by atoms with Crippen molar-refractivity contribution in [1.82, 2.24) is 0 Å². The van der Waals surface area contributed by atoms with Crippen molar-refractivity contribution < 1.29 is 83.1 Å². The van der Waals surface area contributed by atoms with Gasteiger partial charge in [0, 0.05) is 49.0 Å². The van der Waals surface area contributed by atoms with E-state index in [1.165, 1.54) is 78.9 Å². The van der Waals surface area contributed by atoms with Crippen LogP contribution in [0.25, 0.3) is 12.2 Å². The van der Waals surface area contributed by atoms with Gasteiger partial charge in [0.2, 0.25) is 0 Å². The molecule has 0 saturated heterocycles. The summed E-state index contributed by atoms with van der Waals surface area (Å²) in [5.74, 6) is -8.93. The fourth-order valence-corrected chi connectivity index (χ4v) is 6.72. The average molecular weight is 973 g/mol. The van der Waals surface area contributed by atoms with Gasteiger partial charge in [-0.3, -0.25) is 4.79 Å². The molecule has 0 amide bonds. The molecule has 0 saturated carbocycles. The van der Waals surface area contributed by atoms with Gasteiger partial charge >= 0.3 is 36.2 Å². The normalized spacial score (nSPS) is 16.5. The number of nitrogens with two attached hydrogens (primary N) is 2. The predicted octanol–water partition coefficient (Wildman–Crippen LogP) is 10.2. The van der Waals surface area contributed by atoms with Gasteiger partial charge in [-0.15, -0.1) is 0 Å². The maximum atomic E-state index is 15.2. The van der Waals surface area contributed by atoms with E-state index in [2.05, 4.69) is 0 Å². The van der Waals surface area contributed by atoms with Crippen molar-refractivity contribution in [2.45, 2.75) is 49.6 Å². The molecule has 366 valence electrons. The van der Waals surface area contributed by atoms with Crippen molar-refractivity contribution >= 4 is 47.4 Å². The van der Waals surface area contributed by atoms with Crippen molar-refractivity contribution in [1.29, 1.82) is 0 Å². The summed E-state index contributed by atoms with van der Waals surface area (Å²) in [6, 6.07) is 19.5. The Hall–Kier alpha value is -7.48. The predicted molar refractivity (Wildman–Crippen MR) is 235 cm³/mol. The Labute approximate surface area is 389 Å². The average Bonchev–Trinajstić information content (AvgIpc) is 3.28. The van der Waals surface area contributed by atoms with Crippen LogP contribution in [0.1, 0.15) is 64.2 Å². The van der Waals surface area contributed by atoms with E-state index in [0.29, 0.717) is 16.8 Å². The zero-order valence-electron chi connectivity index (χ0n) is 36.2. The highest BCUT2D eigenvalue weighted by Gasteiger charge is 2.38. The number of aliphatic carboxylic acids is 1. The minimum absolute atomic E-state index is 0.0185. The number of anilines is 2. The number of nitrogen functional groups attached to an aromatic ring is 2. The Bertz CT molecular complexity index is 2590. The van der Waals surface area contributed by atoms with Crippen LogP contribution in [-0.2, 0) is 34.2 Å². The summed E-state index contributed by atoms with van der Waals surface area (Å²) in [5, 5.41) is 9.43. The van der Waals surface area contributed by atoms with E-state index < -0.39 is 96.7 Å². The van der Waals surface area contributed by atoms with Gasteiger partial charge in [0.25, 0.3) is 0 Å². The van der Waals surface area contributed by atoms with Gasteiger partial charge in [-0.05, 0) is 95.8 Å². The highest BCUT2D eigenvalue weighted by molar-refractivity contribution is 5.92. The van der Waals surface area contributed by atoms with Crippen molar-refractivity contribution in [2.24, 2.45) is 5.92 Å². The lowest BCUT2D eigenvalue weighted by atomic mass is 9.83. The van der Waals surface area contributed by atoms with Crippen LogP contribution in [0.5, 0.6) is 11.5 Å². The molecule has 0 aromatic heterocycles. The van der Waals surface area contributed by atoms with E-state index in [1.54, 1.807) is 12.1 Å². The third-order valence-electron chi connectivity index (χ3n) is 10.1. The second-order valence-corrected chi connectivity index (χ2v) is 15.3. The molecule has 4 aromatic carbocycles. The molecule has 1 aliphatic carbocycles. The first kappa shape index (κ1) is 52.5. The van der Waals surface area contributed by atoms with Crippen LogP contribution in [-0.4, -0.2) is 67.8 Å². The van der Waals surface area contributed by atoms with Gasteiger partial charge in [0.1, 0.15) is 47.9 Å². The molecule has 0 fully saturated rings. The molecule has 0 radical (unpaired) electrons. The molecule has 69 heavy (non-hydrogen) atoms. The van der Waals surface area contributed by atoms with Gasteiger partial charge in [-0.2, -0.15) is 26.3 Å². The zero-order valence-corrected chi connectivity index (χ0v) is 36.2. The van der Waals surface area contributed by atoms with Gasteiger partial charge in [0.05, 0.1) is 18.1 Å². The van der Waals surface area contributed by atoms with Gasteiger partial charge in [-0.1, -0.05) is 48.5 Å². The number of carboxylic acid groups (broad SMARTS) is 1. The Morgan fingerprint density at radius 2 is 1.38 bits per heavy atom. The highest BCUT2D eigenvalue weighted by atomic mass is 19.4. The van der Waals surface area contributed by atoms with E-state index in [1.807, 2.05) is 0 Å². The second kappa shape index (κ2) is 23.5. The highest BCUT2D eigenvalue weighted by Crippen LogP contribution is 2.40. The molecule has 3 unspecified atom stereocenters.